The molecule has 2 heterocycles. The topological polar surface area (TPSA) is 91.8 Å². The Labute approximate surface area is 243 Å². The summed E-state index contributed by atoms with van der Waals surface area (Å²) in [5, 5.41) is 11.7. The van der Waals surface area contributed by atoms with Gasteiger partial charge in [0, 0.05) is 43.7 Å². The minimum absolute atomic E-state index is 0.0399. The van der Waals surface area contributed by atoms with Crippen molar-refractivity contribution in [1.29, 1.82) is 0 Å². The molecule has 0 unspecified atom stereocenters. The van der Waals surface area contributed by atoms with Crippen molar-refractivity contribution in [3.05, 3.63) is 94.3 Å². The number of fused-ring (bicyclic) bond motifs is 1. The van der Waals surface area contributed by atoms with E-state index in [-0.39, 0.29) is 29.3 Å². The van der Waals surface area contributed by atoms with Gasteiger partial charge >= 0.3 is 5.97 Å². The van der Waals surface area contributed by atoms with E-state index in [1.165, 1.54) is 21.4 Å². The second-order valence-electron chi connectivity index (χ2n) is 11.3. The van der Waals surface area contributed by atoms with Crippen molar-refractivity contribution in [3.63, 3.8) is 0 Å². The number of carbonyl (C=O) groups is 1. The molecule has 0 bridgehead atoms. The summed E-state index contributed by atoms with van der Waals surface area (Å²) in [4.78, 5) is 28.9. The summed E-state index contributed by atoms with van der Waals surface area (Å²) in [5.41, 5.74) is 3.75. The molecule has 1 aromatic heterocycles. The largest absolute Gasteiger partial charge is 0.477 e. The van der Waals surface area contributed by atoms with Crippen LogP contribution in [0.25, 0.3) is 10.9 Å². The molecule has 2 atom stereocenters. The second kappa shape index (κ2) is 11.1. The van der Waals surface area contributed by atoms with Crippen molar-refractivity contribution in [2.45, 2.75) is 44.8 Å². The molecule has 0 amide bonds. The molecule has 7 nitrogen and oxygen atoms in total. The number of nitrogens with two attached hydrogens (primary N) is 1. The molecule has 1 aliphatic heterocycles. The lowest BCUT2D eigenvalue weighted by atomic mass is 10.0. The van der Waals surface area contributed by atoms with Gasteiger partial charge in [0.05, 0.1) is 16.6 Å². The molecule has 1 saturated carbocycles. The first kappa shape index (κ1) is 28.3. The number of piperazine rings is 1. The Morgan fingerprint density at radius 1 is 0.952 bits per heavy atom. The summed E-state index contributed by atoms with van der Waals surface area (Å²) in [6.45, 7) is 4.84. The molecule has 4 aromatic rings. The minimum atomic E-state index is -1.45. The number of hydrogen-bond acceptors (Lipinski definition) is 5. The van der Waals surface area contributed by atoms with Gasteiger partial charge in [0.25, 0.3) is 0 Å². The van der Waals surface area contributed by atoms with Crippen LogP contribution in [-0.4, -0.2) is 52.0 Å². The van der Waals surface area contributed by atoms with E-state index >= 15 is 8.78 Å². The molecular formula is C32H33F2N4O3P. The van der Waals surface area contributed by atoms with Crippen LogP contribution in [0, 0.1) is 11.6 Å². The second-order valence-corrected chi connectivity index (χ2v) is 13.5. The third-order valence-electron chi connectivity index (χ3n) is 8.39. The summed E-state index contributed by atoms with van der Waals surface area (Å²) in [7, 11) is -0.700. The van der Waals surface area contributed by atoms with E-state index in [1.54, 1.807) is 4.90 Å². The smallest absolute Gasteiger partial charge is 0.341 e. The molecule has 218 valence electrons. The first-order valence-electron chi connectivity index (χ1n) is 14.1. The van der Waals surface area contributed by atoms with Crippen LogP contribution >= 0.6 is 7.92 Å². The molecule has 2 aliphatic rings. The van der Waals surface area contributed by atoms with Gasteiger partial charge in [-0.25, -0.2) is 13.6 Å². The zero-order valence-corrected chi connectivity index (χ0v) is 24.4. The van der Waals surface area contributed by atoms with Gasteiger partial charge in [0.1, 0.15) is 11.3 Å². The van der Waals surface area contributed by atoms with Gasteiger partial charge in [-0.1, -0.05) is 60.7 Å². The highest BCUT2D eigenvalue weighted by molar-refractivity contribution is 7.72. The summed E-state index contributed by atoms with van der Waals surface area (Å²) >= 11 is 0. The minimum Gasteiger partial charge on any atom is -0.477 e. The fourth-order valence-corrected chi connectivity index (χ4v) is 8.71. The number of nitrogen functional groups attached to an aromatic ring is 1. The van der Waals surface area contributed by atoms with E-state index in [9.17, 15) is 14.7 Å². The molecule has 42 heavy (non-hydrogen) atoms. The highest BCUT2D eigenvalue weighted by atomic mass is 31.1. The molecule has 1 aliphatic carbocycles. The molecular weight excluding hydrogens is 557 g/mol. The third kappa shape index (κ3) is 4.95. The molecule has 3 N–H and O–H groups in total. The highest BCUT2D eigenvalue weighted by Gasteiger charge is 2.37. The van der Waals surface area contributed by atoms with Crippen LogP contribution < -0.4 is 26.7 Å². The van der Waals surface area contributed by atoms with Gasteiger partial charge in [0.2, 0.25) is 5.43 Å². The molecule has 6 rings (SSSR count). The summed E-state index contributed by atoms with van der Waals surface area (Å²) in [5.74, 6) is -3.35. The van der Waals surface area contributed by atoms with Crippen molar-refractivity contribution in [2.75, 3.05) is 30.0 Å². The van der Waals surface area contributed by atoms with Gasteiger partial charge in [-0.3, -0.25) is 9.69 Å². The van der Waals surface area contributed by atoms with E-state index in [0.717, 1.165) is 6.29 Å². The zero-order chi connectivity index (χ0) is 29.7. The Hall–Kier alpha value is -3.81. The Morgan fingerprint density at radius 3 is 2.00 bits per heavy atom. The predicted octanol–water partition coefficient (Wildman–Crippen LogP) is 4.88. The van der Waals surface area contributed by atoms with E-state index < -0.39 is 47.6 Å². The number of nitrogens with zero attached hydrogens (tertiary/aromatic N) is 3. The van der Waals surface area contributed by atoms with Crippen molar-refractivity contribution >= 4 is 46.8 Å². The Bertz CT molecular complexity index is 1660. The van der Waals surface area contributed by atoms with Gasteiger partial charge < -0.3 is 20.3 Å². The number of aromatic carboxylic acids is 1. The molecule has 10 heteroatoms. The van der Waals surface area contributed by atoms with Crippen molar-refractivity contribution in [2.24, 2.45) is 0 Å². The number of hydrogen-bond donors (Lipinski definition) is 2. The van der Waals surface area contributed by atoms with E-state index in [4.69, 9.17) is 5.73 Å². The summed E-state index contributed by atoms with van der Waals surface area (Å²) in [6.07, 6.45) is 3.39. The fraction of sp³-hybridized carbons (Fsp3) is 0.312. The number of pyridine rings is 1. The number of rotatable bonds is 7. The van der Waals surface area contributed by atoms with Crippen LogP contribution in [0.15, 0.2) is 71.7 Å². The maximum Gasteiger partial charge on any atom is 0.341 e. The maximum absolute atomic E-state index is 16.4. The SMILES string of the molecule is C[C@@H]1CN(c2c(F)c(N)c3c(=O)c(C(=O)O)cn(C4CC4)c3c2F)C[C@H](C)N1CP(c1ccccc1)c1ccccc1. The number of carboxylic acids is 1. The van der Waals surface area contributed by atoms with Crippen LogP contribution in [0.1, 0.15) is 43.1 Å². The Balaban J connectivity index is 1.37. The van der Waals surface area contributed by atoms with Crippen LogP contribution in [0.4, 0.5) is 20.2 Å². The van der Waals surface area contributed by atoms with Gasteiger partial charge in [-0.05, 0) is 45.2 Å². The van der Waals surface area contributed by atoms with E-state index in [2.05, 4.69) is 67.3 Å². The van der Waals surface area contributed by atoms with Crippen LogP contribution in [0.3, 0.4) is 0 Å². The molecule has 2 fully saturated rings. The number of halogens is 2. The average Bonchev–Trinajstić information content (AvgIpc) is 3.82. The maximum atomic E-state index is 16.4. The average molecular weight is 591 g/mol. The monoisotopic (exact) mass is 590 g/mol. The molecule has 1 saturated heterocycles. The van der Waals surface area contributed by atoms with Crippen molar-refractivity contribution in [1.82, 2.24) is 9.47 Å². The zero-order valence-electron chi connectivity index (χ0n) is 23.5. The lowest BCUT2D eigenvalue weighted by molar-refractivity contribution is 0.0694. The van der Waals surface area contributed by atoms with Crippen LogP contribution in [0.2, 0.25) is 0 Å². The predicted molar refractivity (Wildman–Crippen MR) is 165 cm³/mol. The first-order chi connectivity index (χ1) is 20.2. The standard InChI is InChI=1S/C32H33F2N4O3P/c1-19-15-36(16-20(2)38(19)18-42(22-9-5-3-6-10-22)23-11-7-4-8-12-23)30-26(33)28(35)25-29(27(30)34)37(21-13-14-21)17-24(31(25)39)32(40)41/h3-12,17,19-21H,13-16,18,35H2,1-2H3,(H,40,41)/t19-,20+. The fourth-order valence-electron chi connectivity index (χ4n) is 6.13. The van der Waals surface area contributed by atoms with E-state index in [1.807, 2.05) is 12.1 Å². The van der Waals surface area contributed by atoms with Crippen LogP contribution in [0.5, 0.6) is 0 Å². The quantitative estimate of drug-likeness (QED) is 0.236. The van der Waals surface area contributed by atoms with E-state index in [0.29, 0.717) is 25.9 Å². The highest BCUT2D eigenvalue weighted by Crippen LogP contribution is 2.43. The van der Waals surface area contributed by atoms with Crippen molar-refractivity contribution < 1.29 is 18.7 Å². The molecule has 0 radical (unpaired) electrons. The summed E-state index contributed by atoms with van der Waals surface area (Å²) < 4.78 is 33.8. The lowest BCUT2D eigenvalue weighted by Gasteiger charge is -2.46. The van der Waals surface area contributed by atoms with Gasteiger partial charge in [-0.15, -0.1) is 0 Å². The molecule has 0 spiro atoms. The van der Waals surface area contributed by atoms with Crippen molar-refractivity contribution in [3.8, 4) is 0 Å². The number of carboxylic acid groups (broad SMARTS) is 1. The number of benzene rings is 3. The number of anilines is 2. The summed E-state index contributed by atoms with van der Waals surface area (Å²) in [6, 6.07) is 20.6. The molecule has 3 aromatic carbocycles. The van der Waals surface area contributed by atoms with Gasteiger partial charge in [-0.2, -0.15) is 0 Å². The Morgan fingerprint density at radius 2 is 1.50 bits per heavy atom. The Kier molecular flexibility index (Phi) is 7.50. The van der Waals surface area contributed by atoms with Gasteiger partial charge in [0.15, 0.2) is 11.6 Å². The first-order valence-corrected chi connectivity index (χ1v) is 15.7. The van der Waals surface area contributed by atoms with Crippen LogP contribution in [-0.2, 0) is 0 Å². The third-order valence-corrected chi connectivity index (χ3v) is 10.8. The number of aromatic nitrogens is 1. The lowest BCUT2D eigenvalue weighted by Crippen LogP contribution is -2.57. The normalized spacial score (nSPS) is 19.5.